The highest BCUT2D eigenvalue weighted by Crippen LogP contribution is 2.13. The standard InChI is InChI=1S/C13H23NOS/c1-3-14-12(7-5-9-15-4-2)11-13-8-6-10-16-13/h6,8,10,12,14H,3-5,7,9,11H2,1-2H3. The van der Waals surface area contributed by atoms with Crippen molar-refractivity contribution in [1.82, 2.24) is 5.32 Å². The molecule has 1 atom stereocenters. The molecule has 0 aromatic carbocycles. The van der Waals surface area contributed by atoms with E-state index in [1.807, 2.05) is 18.3 Å². The summed E-state index contributed by atoms with van der Waals surface area (Å²) in [6.07, 6.45) is 3.50. The van der Waals surface area contributed by atoms with E-state index in [0.29, 0.717) is 6.04 Å². The quantitative estimate of drug-likeness (QED) is 0.671. The van der Waals surface area contributed by atoms with Gasteiger partial charge in [0.1, 0.15) is 0 Å². The topological polar surface area (TPSA) is 21.3 Å². The Bertz CT molecular complexity index is 248. The Morgan fingerprint density at radius 1 is 1.44 bits per heavy atom. The van der Waals surface area contributed by atoms with Gasteiger partial charge in [0.15, 0.2) is 0 Å². The summed E-state index contributed by atoms with van der Waals surface area (Å²) in [5.41, 5.74) is 0. The molecule has 0 aliphatic heterocycles. The average molecular weight is 241 g/mol. The molecular weight excluding hydrogens is 218 g/mol. The van der Waals surface area contributed by atoms with Crippen molar-refractivity contribution >= 4 is 11.3 Å². The molecule has 0 saturated heterocycles. The van der Waals surface area contributed by atoms with Crippen molar-refractivity contribution in [1.29, 1.82) is 0 Å². The van der Waals surface area contributed by atoms with E-state index >= 15 is 0 Å². The van der Waals surface area contributed by atoms with Gasteiger partial charge in [0.2, 0.25) is 0 Å². The number of rotatable bonds is 9. The smallest absolute Gasteiger partial charge is 0.0466 e. The van der Waals surface area contributed by atoms with E-state index in [4.69, 9.17) is 4.74 Å². The molecule has 0 saturated carbocycles. The highest BCUT2D eigenvalue weighted by atomic mass is 32.1. The van der Waals surface area contributed by atoms with Crippen molar-refractivity contribution in [3.63, 3.8) is 0 Å². The second-order valence-corrected chi connectivity index (χ2v) is 4.91. The van der Waals surface area contributed by atoms with Crippen molar-refractivity contribution < 1.29 is 4.74 Å². The summed E-state index contributed by atoms with van der Waals surface area (Å²) in [5, 5.41) is 5.70. The molecule has 0 spiro atoms. The van der Waals surface area contributed by atoms with Gasteiger partial charge in [0.05, 0.1) is 0 Å². The van der Waals surface area contributed by atoms with Crippen molar-refractivity contribution in [2.45, 2.75) is 39.2 Å². The van der Waals surface area contributed by atoms with Crippen molar-refractivity contribution in [3.05, 3.63) is 22.4 Å². The molecule has 0 aliphatic carbocycles. The number of likely N-dealkylation sites (N-methyl/N-ethyl adjacent to an activating group) is 1. The lowest BCUT2D eigenvalue weighted by molar-refractivity contribution is 0.141. The SMILES string of the molecule is CCNC(CCCOCC)Cc1cccs1. The van der Waals surface area contributed by atoms with Gasteiger partial charge in [-0.3, -0.25) is 0 Å². The predicted octanol–water partition coefficient (Wildman–Crippen LogP) is 3.09. The number of hydrogen-bond donors (Lipinski definition) is 1. The molecule has 0 amide bonds. The molecule has 1 rings (SSSR count). The minimum atomic E-state index is 0.601. The minimum absolute atomic E-state index is 0.601. The van der Waals surface area contributed by atoms with E-state index in [9.17, 15) is 0 Å². The van der Waals surface area contributed by atoms with Crippen LogP contribution in [-0.4, -0.2) is 25.8 Å². The van der Waals surface area contributed by atoms with Gasteiger partial charge in [-0.2, -0.15) is 0 Å². The van der Waals surface area contributed by atoms with E-state index in [1.54, 1.807) is 0 Å². The number of hydrogen-bond acceptors (Lipinski definition) is 3. The maximum Gasteiger partial charge on any atom is 0.0466 e. The molecule has 0 bridgehead atoms. The van der Waals surface area contributed by atoms with Crippen LogP contribution in [0, 0.1) is 0 Å². The molecular formula is C13H23NOS. The second kappa shape index (κ2) is 8.74. The monoisotopic (exact) mass is 241 g/mol. The molecule has 3 heteroatoms. The van der Waals surface area contributed by atoms with Crippen molar-refractivity contribution in [3.8, 4) is 0 Å². The highest BCUT2D eigenvalue weighted by molar-refractivity contribution is 7.09. The molecule has 0 fully saturated rings. The van der Waals surface area contributed by atoms with E-state index in [-0.39, 0.29) is 0 Å². The van der Waals surface area contributed by atoms with Crippen LogP contribution < -0.4 is 5.32 Å². The Hall–Kier alpha value is -0.380. The van der Waals surface area contributed by atoms with Crippen LogP contribution in [0.3, 0.4) is 0 Å². The Balaban J connectivity index is 2.24. The summed E-state index contributed by atoms with van der Waals surface area (Å²) in [5.74, 6) is 0. The average Bonchev–Trinajstić information content (AvgIpc) is 2.77. The third kappa shape index (κ3) is 5.64. The fourth-order valence-corrected chi connectivity index (χ4v) is 2.60. The van der Waals surface area contributed by atoms with Crippen LogP contribution in [0.5, 0.6) is 0 Å². The molecule has 1 aromatic heterocycles. The Kier molecular flexibility index (Phi) is 7.47. The summed E-state index contributed by atoms with van der Waals surface area (Å²) >= 11 is 1.85. The zero-order valence-corrected chi connectivity index (χ0v) is 11.2. The Labute approximate surface area is 103 Å². The van der Waals surface area contributed by atoms with Gasteiger partial charge in [-0.05, 0) is 44.2 Å². The molecule has 16 heavy (non-hydrogen) atoms. The first kappa shape index (κ1) is 13.7. The molecule has 1 heterocycles. The first-order valence-electron chi connectivity index (χ1n) is 6.20. The third-order valence-corrected chi connectivity index (χ3v) is 3.46. The van der Waals surface area contributed by atoms with Crippen LogP contribution >= 0.6 is 11.3 Å². The van der Waals surface area contributed by atoms with Crippen molar-refractivity contribution in [2.75, 3.05) is 19.8 Å². The minimum Gasteiger partial charge on any atom is -0.382 e. The fourth-order valence-electron chi connectivity index (χ4n) is 1.81. The summed E-state index contributed by atoms with van der Waals surface area (Å²) < 4.78 is 5.37. The summed E-state index contributed by atoms with van der Waals surface area (Å²) in [6.45, 7) is 6.99. The lowest BCUT2D eigenvalue weighted by Crippen LogP contribution is -2.31. The van der Waals surface area contributed by atoms with Gasteiger partial charge in [-0.1, -0.05) is 13.0 Å². The van der Waals surface area contributed by atoms with Gasteiger partial charge in [0, 0.05) is 24.1 Å². The second-order valence-electron chi connectivity index (χ2n) is 3.88. The molecule has 1 aromatic rings. The fraction of sp³-hybridized carbons (Fsp3) is 0.692. The van der Waals surface area contributed by atoms with E-state index in [0.717, 1.165) is 32.6 Å². The predicted molar refractivity (Wildman–Crippen MR) is 71.2 cm³/mol. The van der Waals surface area contributed by atoms with Crippen molar-refractivity contribution in [2.24, 2.45) is 0 Å². The van der Waals surface area contributed by atoms with Crippen LogP contribution in [0.2, 0.25) is 0 Å². The maximum atomic E-state index is 5.37. The molecule has 2 nitrogen and oxygen atoms in total. The number of thiophene rings is 1. The van der Waals surface area contributed by atoms with Gasteiger partial charge in [-0.15, -0.1) is 11.3 Å². The van der Waals surface area contributed by atoms with Crippen LogP contribution in [-0.2, 0) is 11.2 Å². The first-order valence-corrected chi connectivity index (χ1v) is 7.08. The lowest BCUT2D eigenvalue weighted by Gasteiger charge is -2.16. The Morgan fingerprint density at radius 3 is 2.94 bits per heavy atom. The Morgan fingerprint density at radius 2 is 2.31 bits per heavy atom. The first-order chi connectivity index (χ1) is 7.86. The summed E-state index contributed by atoms with van der Waals surface area (Å²) in [4.78, 5) is 1.47. The highest BCUT2D eigenvalue weighted by Gasteiger charge is 2.08. The van der Waals surface area contributed by atoms with Crippen LogP contribution in [0.4, 0.5) is 0 Å². The molecule has 1 N–H and O–H groups in total. The summed E-state index contributed by atoms with van der Waals surface area (Å²) in [6, 6.07) is 4.95. The zero-order valence-electron chi connectivity index (χ0n) is 10.4. The van der Waals surface area contributed by atoms with Crippen LogP contribution in [0.1, 0.15) is 31.6 Å². The van der Waals surface area contributed by atoms with Gasteiger partial charge < -0.3 is 10.1 Å². The zero-order chi connectivity index (χ0) is 11.6. The molecule has 92 valence electrons. The van der Waals surface area contributed by atoms with Gasteiger partial charge in [-0.25, -0.2) is 0 Å². The molecule has 1 unspecified atom stereocenters. The molecule has 0 aliphatic rings. The van der Waals surface area contributed by atoms with Crippen LogP contribution in [0.25, 0.3) is 0 Å². The normalized spacial score (nSPS) is 12.9. The number of nitrogens with one attached hydrogen (secondary N) is 1. The molecule has 0 radical (unpaired) electrons. The largest absolute Gasteiger partial charge is 0.382 e. The number of ether oxygens (including phenoxy) is 1. The van der Waals surface area contributed by atoms with E-state index in [2.05, 4.69) is 29.8 Å². The summed E-state index contributed by atoms with van der Waals surface area (Å²) in [7, 11) is 0. The van der Waals surface area contributed by atoms with E-state index < -0.39 is 0 Å². The third-order valence-electron chi connectivity index (χ3n) is 2.57. The maximum absolute atomic E-state index is 5.37. The lowest BCUT2D eigenvalue weighted by atomic mass is 10.1. The van der Waals surface area contributed by atoms with Gasteiger partial charge >= 0.3 is 0 Å². The van der Waals surface area contributed by atoms with Gasteiger partial charge in [0.25, 0.3) is 0 Å². The van der Waals surface area contributed by atoms with E-state index in [1.165, 1.54) is 11.3 Å². The van der Waals surface area contributed by atoms with Crippen LogP contribution in [0.15, 0.2) is 17.5 Å².